The third kappa shape index (κ3) is 5.15. The van der Waals surface area contributed by atoms with E-state index in [1.165, 1.54) is 11.6 Å². The molecule has 1 fully saturated rings. The number of hydrogen-bond acceptors (Lipinski definition) is 3. The zero-order chi connectivity index (χ0) is 20.9. The van der Waals surface area contributed by atoms with Crippen molar-refractivity contribution in [3.8, 4) is 5.88 Å². The molecule has 0 unspecified atom stereocenters. The van der Waals surface area contributed by atoms with E-state index in [2.05, 4.69) is 22.0 Å². The van der Waals surface area contributed by atoms with Crippen LogP contribution in [0.1, 0.15) is 23.5 Å². The molecule has 0 amide bonds. The summed E-state index contributed by atoms with van der Waals surface area (Å²) in [5.41, 5.74) is 1.79. The maximum Gasteiger partial charge on any atom is 0.213 e. The quantitative estimate of drug-likeness (QED) is 0.482. The van der Waals surface area contributed by atoms with E-state index < -0.39 is 11.6 Å². The molecule has 0 aliphatic carbocycles. The Bertz CT molecular complexity index is 969. The third-order valence-corrected chi connectivity index (χ3v) is 5.79. The fraction of sp³-hybridized carbons (Fsp3) is 0.292. The van der Waals surface area contributed by atoms with E-state index >= 15 is 0 Å². The highest BCUT2D eigenvalue weighted by Gasteiger charge is 2.35. The highest BCUT2D eigenvalue weighted by Crippen LogP contribution is 2.37. The molecule has 1 aliphatic heterocycles. The lowest BCUT2D eigenvalue weighted by Crippen LogP contribution is -2.20. The summed E-state index contributed by atoms with van der Waals surface area (Å²) in [6.45, 7) is 2.82. The van der Waals surface area contributed by atoms with Gasteiger partial charge in [-0.25, -0.2) is 13.8 Å². The van der Waals surface area contributed by atoms with Crippen molar-refractivity contribution in [2.45, 2.75) is 18.9 Å². The second-order valence-corrected chi connectivity index (χ2v) is 8.10. The van der Waals surface area contributed by atoms with E-state index in [-0.39, 0.29) is 11.8 Å². The van der Waals surface area contributed by atoms with Crippen molar-refractivity contribution in [1.29, 1.82) is 0 Å². The molecule has 0 bridgehead atoms. The van der Waals surface area contributed by atoms with Gasteiger partial charge >= 0.3 is 0 Å². The standard InChI is InChI=1S/C24H23ClF2N2O/c25-19-6-9-24(28-13-19)30-11-10-18-15-29(14-17-4-2-1-3-5-17)16-22(18)21-8-7-20(26)12-23(21)27/h1-9,12-13,18,22H,10-11,14-16H2/t18-,22+/m1/s1. The summed E-state index contributed by atoms with van der Waals surface area (Å²) >= 11 is 5.86. The van der Waals surface area contributed by atoms with Crippen molar-refractivity contribution < 1.29 is 13.5 Å². The molecule has 2 heterocycles. The molecule has 30 heavy (non-hydrogen) atoms. The molecular weight excluding hydrogens is 406 g/mol. The summed E-state index contributed by atoms with van der Waals surface area (Å²) in [5.74, 6) is -0.337. The van der Waals surface area contributed by atoms with E-state index in [0.717, 1.165) is 32.1 Å². The average Bonchev–Trinajstić information content (AvgIpc) is 3.12. The zero-order valence-electron chi connectivity index (χ0n) is 16.5. The molecule has 1 aromatic heterocycles. The fourth-order valence-electron chi connectivity index (χ4n) is 4.14. The molecule has 0 spiro atoms. The number of rotatable bonds is 7. The van der Waals surface area contributed by atoms with Gasteiger partial charge in [-0.15, -0.1) is 0 Å². The number of nitrogens with zero attached hydrogens (tertiary/aromatic N) is 2. The summed E-state index contributed by atoms with van der Waals surface area (Å²) in [6.07, 6.45) is 2.29. The smallest absolute Gasteiger partial charge is 0.213 e. The summed E-state index contributed by atoms with van der Waals surface area (Å²) in [6, 6.07) is 17.6. The van der Waals surface area contributed by atoms with Gasteiger partial charge in [0.15, 0.2) is 0 Å². The number of halogens is 3. The van der Waals surface area contributed by atoms with Crippen LogP contribution in [-0.4, -0.2) is 29.6 Å². The van der Waals surface area contributed by atoms with E-state index in [1.807, 2.05) is 18.2 Å². The molecule has 4 rings (SSSR count). The Kier molecular flexibility index (Phi) is 6.60. The Morgan fingerprint density at radius 1 is 1.03 bits per heavy atom. The van der Waals surface area contributed by atoms with Gasteiger partial charge in [0.1, 0.15) is 11.6 Å². The number of hydrogen-bond donors (Lipinski definition) is 0. The molecule has 1 aliphatic rings. The van der Waals surface area contributed by atoms with Crippen LogP contribution >= 0.6 is 11.6 Å². The van der Waals surface area contributed by atoms with Gasteiger partial charge in [0.25, 0.3) is 0 Å². The van der Waals surface area contributed by atoms with E-state index in [9.17, 15) is 8.78 Å². The molecule has 2 aromatic carbocycles. The number of benzene rings is 2. The van der Waals surface area contributed by atoms with Crippen LogP contribution in [0.25, 0.3) is 0 Å². The molecule has 6 heteroatoms. The fourth-order valence-corrected chi connectivity index (χ4v) is 4.25. The third-order valence-electron chi connectivity index (χ3n) is 5.57. The van der Waals surface area contributed by atoms with Crippen LogP contribution in [0.4, 0.5) is 8.78 Å². The minimum atomic E-state index is -0.552. The molecule has 0 saturated carbocycles. The van der Waals surface area contributed by atoms with E-state index in [4.69, 9.17) is 16.3 Å². The first-order valence-corrected chi connectivity index (χ1v) is 10.4. The minimum absolute atomic E-state index is 0.0175. The number of pyridine rings is 1. The molecule has 1 saturated heterocycles. The predicted octanol–water partition coefficient (Wildman–Crippen LogP) is 5.70. The van der Waals surface area contributed by atoms with Gasteiger partial charge in [-0.05, 0) is 35.6 Å². The molecular formula is C24H23ClF2N2O. The Morgan fingerprint density at radius 2 is 1.87 bits per heavy atom. The van der Waals surface area contributed by atoms with E-state index in [0.29, 0.717) is 23.1 Å². The maximum absolute atomic E-state index is 14.5. The molecule has 0 radical (unpaired) electrons. The van der Waals surface area contributed by atoms with Crippen LogP contribution in [-0.2, 0) is 6.54 Å². The average molecular weight is 429 g/mol. The molecule has 3 nitrogen and oxygen atoms in total. The topological polar surface area (TPSA) is 25.4 Å². The molecule has 2 atom stereocenters. The van der Waals surface area contributed by atoms with Crippen molar-refractivity contribution in [2.24, 2.45) is 5.92 Å². The summed E-state index contributed by atoms with van der Waals surface area (Å²) in [5, 5.41) is 0.557. The van der Waals surface area contributed by atoms with Crippen molar-refractivity contribution in [2.75, 3.05) is 19.7 Å². The van der Waals surface area contributed by atoms with Gasteiger partial charge in [-0.3, -0.25) is 4.90 Å². The van der Waals surface area contributed by atoms with Crippen molar-refractivity contribution >= 4 is 11.6 Å². The van der Waals surface area contributed by atoms with Gasteiger partial charge in [-0.2, -0.15) is 0 Å². The lowest BCUT2D eigenvalue weighted by molar-refractivity contribution is 0.256. The Morgan fingerprint density at radius 3 is 2.60 bits per heavy atom. The van der Waals surface area contributed by atoms with Crippen LogP contribution in [0.5, 0.6) is 5.88 Å². The normalized spacial score (nSPS) is 19.2. The van der Waals surface area contributed by atoms with Crippen molar-refractivity contribution in [3.63, 3.8) is 0 Å². The van der Waals surface area contributed by atoms with Crippen LogP contribution in [0.3, 0.4) is 0 Å². The second-order valence-electron chi connectivity index (χ2n) is 7.66. The van der Waals surface area contributed by atoms with Gasteiger partial charge in [0.2, 0.25) is 5.88 Å². The second kappa shape index (κ2) is 9.54. The first-order valence-electron chi connectivity index (χ1n) is 10.0. The number of aromatic nitrogens is 1. The van der Waals surface area contributed by atoms with Gasteiger partial charge < -0.3 is 4.74 Å². The largest absolute Gasteiger partial charge is 0.478 e. The predicted molar refractivity (Wildman–Crippen MR) is 114 cm³/mol. The Labute approximate surface area is 180 Å². The molecule has 0 N–H and O–H groups in total. The van der Waals surface area contributed by atoms with Crippen LogP contribution < -0.4 is 4.74 Å². The Hall–Kier alpha value is -2.50. The lowest BCUT2D eigenvalue weighted by atomic mass is 9.86. The van der Waals surface area contributed by atoms with Crippen LogP contribution in [0, 0.1) is 17.6 Å². The monoisotopic (exact) mass is 428 g/mol. The van der Waals surface area contributed by atoms with Gasteiger partial charge in [0.05, 0.1) is 11.6 Å². The van der Waals surface area contributed by atoms with Crippen LogP contribution in [0.15, 0.2) is 66.9 Å². The van der Waals surface area contributed by atoms with Crippen molar-refractivity contribution in [1.82, 2.24) is 9.88 Å². The first kappa shape index (κ1) is 20.8. The maximum atomic E-state index is 14.5. The molecule has 156 valence electrons. The van der Waals surface area contributed by atoms with Crippen molar-refractivity contribution in [3.05, 3.63) is 94.6 Å². The summed E-state index contributed by atoms with van der Waals surface area (Å²) in [7, 11) is 0. The summed E-state index contributed by atoms with van der Waals surface area (Å²) in [4.78, 5) is 6.48. The molecule has 3 aromatic rings. The highest BCUT2D eigenvalue weighted by atomic mass is 35.5. The zero-order valence-corrected chi connectivity index (χ0v) is 17.2. The Balaban J connectivity index is 1.46. The lowest BCUT2D eigenvalue weighted by Gasteiger charge is -2.19. The van der Waals surface area contributed by atoms with E-state index in [1.54, 1.807) is 24.4 Å². The summed E-state index contributed by atoms with van der Waals surface area (Å²) < 4.78 is 33.7. The minimum Gasteiger partial charge on any atom is -0.478 e. The SMILES string of the molecule is Fc1ccc([C@H]2CN(Cc3ccccc3)C[C@H]2CCOc2ccc(Cl)cn2)c(F)c1. The number of ether oxygens (including phenoxy) is 1. The first-order chi connectivity index (χ1) is 14.6. The van der Waals surface area contributed by atoms with Crippen LogP contribution in [0.2, 0.25) is 5.02 Å². The highest BCUT2D eigenvalue weighted by molar-refractivity contribution is 6.30. The number of likely N-dealkylation sites (tertiary alicyclic amines) is 1. The van der Waals surface area contributed by atoms with Gasteiger partial charge in [0, 0.05) is 43.9 Å². The van der Waals surface area contributed by atoms with Gasteiger partial charge in [-0.1, -0.05) is 48.0 Å².